The van der Waals surface area contributed by atoms with Gasteiger partial charge in [-0.2, -0.15) is 18.2 Å². The zero-order valence-electron chi connectivity index (χ0n) is 13.9. The largest absolute Gasteiger partial charge is 0.416 e. The van der Waals surface area contributed by atoms with Crippen molar-refractivity contribution < 1.29 is 18.3 Å². The molecule has 1 fully saturated rings. The zero-order chi connectivity index (χ0) is 18.2. The minimum Gasteiger partial charge on any atom is -0.391 e. The second-order valence-electron chi connectivity index (χ2n) is 6.29. The molecule has 1 saturated heterocycles. The fourth-order valence-electron chi connectivity index (χ4n) is 3.02. The van der Waals surface area contributed by atoms with Crippen molar-refractivity contribution in [1.82, 2.24) is 9.97 Å². The summed E-state index contributed by atoms with van der Waals surface area (Å²) in [6.45, 7) is 0.310. The molecular formula is C17H19F3N4O. The molecule has 0 spiro atoms. The standard InChI is InChI=1S/C17H19F3N4O/c1-23(2)16-21-7-6-15(22-16)24-10-13(25)9-14(24)11-4-3-5-12(8-11)17(18,19)20/h3-8,13-14,25H,9-10H2,1-2H3. The van der Waals surface area contributed by atoms with Gasteiger partial charge in [-0.15, -0.1) is 0 Å². The van der Waals surface area contributed by atoms with Gasteiger partial charge < -0.3 is 14.9 Å². The van der Waals surface area contributed by atoms with Crippen molar-refractivity contribution in [1.29, 1.82) is 0 Å². The van der Waals surface area contributed by atoms with Crippen molar-refractivity contribution in [3.63, 3.8) is 0 Å². The molecule has 134 valence electrons. The van der Waals surface area contributed by atoms with Gasteiger partial charge in [-0.3, -0.25) is 0 Å². The van der Waals surface area contributed by atoms with Gasteiger partial charge in [-0.05, 0) is 30.2 Å². The van der Waals surface area contributed by atoms with Crippen LogP contribution in [0.15, 0.2) is 36.5 Å². The van der Waals surface area contributed by atoms with E-state index in [0.29, 0.717) is 30.3 Å². The molecule has 5 nitrogen and oxygen atoms in total. The number of hydrogen-bond donors (Lipinski definition) is 1. The predicted octanol–water partition coefficient (Wildman–Crippen LogP) is 2.87. The number of β-amino-alcohol motifs (C(OH)–C–C–N with tert-alkyl or cyclic N) is 1. The Morgan fingerprint density at radius 1 is 1.24 bits per heavy atom. The van der Waals surface area contributed by atoms with Crippen molar-refractivity contribution in [2.75, 3.05) is 30.4 Å². The highest BCUT2D eigenvalue weighted by atomic mass is 19.4. The molecular weight excluding hydrogens is 333 g/mol. The number of nitrogens with zero attached hydrogens (tertiary/aromatic N) is 4. The highest BCUT2D eigenvalue weighted by Crippen LogP contribution is 2.38. The van der Waals surface area contributed by atoms with E-state index in [0.717, 1.165) is 12.1 Å². The lowest BCUT2D eigenvalue weighted by molar-refractivity contribution is -0.137. The van der Waals surface area contributed by atoms with Crippen molar-refractivity contribution in [3.05, 3.63) is 47.7 Å². The van der Waals surface area contributed by atoms with Gasteiger partial charge in [-0.25, -0.2) is 4.98 Å². The van der Waals surface area contributed by atoms with Crippen LogP contribution in [0.2, 0.25) is 0 Å². The van der Waals surface area contributed by atoms with Crippen LogP contribution in [-0.4, -0.2) is 41.8 Å². The van der Waals surface area contributed by atoms with E-state index in [4.69, 9.17) is 0 Å². The molecule has 0 aliphatic carbocycles. The van der Waals surface area contributed by atoms with E-state index in [1.165, 1.54) is 6.07 Å². The number of halogens is 3. The third-order valence-corrected chi connectivity index (χ3v) is 4.20. The molecule has 25 heavy (non-hydrogen) atoms. The first kappa shape index (κ1) is 17.5. The second kappa shape index (κ2) is 6.51. The molecule has 2 heterocycles. The maximum atomic E-state index is 13.0. The summed E-state index contributed by atoms with van der Waals surface area (Å²) in [4.78, 5) is 12.2. The van der Waals surface area contributed by atoms with Gasteiger partial charge in [0.2, 0.25) is 5.95 Å². The number of aromatic nitrogens is 2. The summed E-state index contributed by atoms with van der Waals surface area (Å²) in [5, 5.41) is 10.1. The summed E-state index contributed by atoms with van der Waals surface area (Å²) >= 11 is 0. The minimum absolute atomic E-state index is 0.310. The van der Waals surface area contributed by atoms with Crippen LogP contribution in [0.5, 0.6) is 0 Å². The Morgan fingerprint density at radius 3 is 2.68 bits per heavy atom. The van der Waals surface area contributed by atoms with Gasteiger partial charge in [0.25, 0.3) is 0 Å². The molecule has 3 rings (SSSR count). The molecule has 1 N–H and O–H groups in total. The number of anilines is 2. The average molecular weight is 352 g/mol. The first-order valence-electron chi connectivity index (χ1n) is 7.88. The molecule has 0 saturated carbocycles. The Balaban J connectivity index is 1.97. The first-order chi connectivity index (χ1) is 11.8. The van der Waals surface area contributed by atoms with Crippen molar-refractivity contribution in [2.45, 2.75) is 24.7 Å². The van der Waals surface area contributed by atoms with Gasteiger partial charge in [0.1, 0.15) is 5.82 Å². The maximum Gasteiger partial charge on any atom is 0.416 e. The van der Waals surface area contributed by atoms with Crippen LogP contribution in [-0.2, 0) is 6.18 Å². The first-order valence-corrected chi connectivity index (χ1v) is 7.88. The number of aliphatic hydroxyl groups is 1. The van der Waals surface area contributed by atoms with Gasteiger partial charge in [0, 0.05) is 26.8 Å². The van der Waals surface area contributed by atoms with Gasteiger partial charge >= 0.3 is 6.18 Å². The molecule has 1 aromatic heterocycles. The van der Waals surface area contributed by atoms with E-state index < -0.39 is 17.8 Å². The molecule has 0 amide bonds. The summed E-state index contributed by atoms with van der Waals surface area (Å²) in [7, 11) is 3.62. The molecule has 1 aliphatic heterocycles. The van der Waals surface area contributed by atoms with Crippen LogP contribution < -0.4 is 9.80 Å². The predicted molar refractivity (Wildman–Crippen MR) is 88.5 cm³/mol. The summed E-state index contributed by atoms with van der Waals surface area (Å²) in [5.74, 6) is 1.08. The van der Waals surface area contributed by atoms with Gasteiger partial charge in [0.05, 0.1) is 17.7 Å². The molecule has 2 atom stereocenters. The number of rotatable bonds is 3. The molecule has 2 unspecified atom stereocenters. The van der Waals surface area contributed by atoms with Crippen molar-refractivity contribution >= 4 is 11.8 Å². The number of benzene rings is 1. The fourth-order valence-corrected chi connectivity index (χ4v) is 3.02. The molecule has 1 aromatic carbocycles. The second-order valence-corrected chi connectivity index (χ2v) is 6.29. The highest BCUT2D eigenvalue weighted by molar-refractivity contribution is 5.48. The quantitative estimate of drug-likeness (QED) is 0.921. The summed E-state index contributed by atoms with van der Waals surface area (Å²) in [5.41, 5.74) is -0.181. The Morgan fingerprint density at radius 2 is 2.00 bits per heavy atom. The lowest BCUT2D eigenvalue weighted by atomic mass is 10.0. The fraction of sp³-hybridized carbons (Fsp3) is 0.412. The third-order valence-electron chi connectivity index (χ3n) is 4.20. The van der Waals surface area contributed by atoms with Gasteiger partial charge in [-0.1, -0.05) is 12.1 Å². The monoisotopic (exact) mass is 352 g/mol. The SMILES string of the molecule is CN(C)c1nccc(N2CC(O)CC2c2cccc(C(F)(F)F)c2)n1. The highest BCUT2D eigenvalue weighted by Gasteiger charge is 2.36. The van der Waals surface area contributed by atoms with Crippen LogP contribution in [0.3, 0.4) is 0 Å². The smallest absolute Gasteiger partial charge is 0.391 e. The Kier molecular flexibility index (Phi) is 4.55. The minimum atomic E-state index is -4.40. The molecule has 8 heteroatoms. The lowest BCUT2D eigenvalue weighted by Crippen LogP contribution is -2.26. The number of aliphatic hydroxyl groups excluding tert-OH is 1. The van der Waals surface area contributed by atoms with Crippen molar-refractivity contribution in [3.8, 4) is 0 Å². The van der Waals surface area contributed by atoms with E-state index in [1.54, 1.807) is 23.2 Å². The molecule has 2 aromatic rings. The van der Waals surface area contributed by atoms with Crippen LogP contribution in [0.4, 0.5) is 24.9 Å². The Hall–Kier alpha value is -2.35. The van der Waals surface area contributed by atoms with E-state index in [1.807, 2.05) is 19.0 Å². The molecule has 0 radical (unpaired) electrons. The van der Waals surface area contributed by atoms with Crippen LogP contribution >= 0.6 is 0 Å². The average Bonchev–Trinajstić information content (AvgIpc) is 2.96. The molecule has 0 bridgehead atoms. The Bertz CT molecular complexity index is 751. The van der Waals surface area contributed by atoms with E-state index in [9.17, 15) is 18.3 Å². The third kappa shape index (κ3) is 3.68. The zero-order valence-corrected chi connectivity index (χ0v) is 13.9. The summed E-state index contributed by atoms with van der Waals surface area (Å²) < 4.78 is 39.0. The topological polar surface area (TPSA) is 52.5 Å². The van der Waals surface area contributed by atoms with E-state index in [-0.39, 0.29) is 6.04 Å². The number of hydrogen-bond acceptors (Lipinski definition) is 5. The Labute approximate surface area is 143 Å². The summed E-state index contributed by atoms with van der Waals surface area (Å²) in [6.07, 6.45) is -3.07. The number of alkyl halides is 3. The van der Waals surface area contributed by atoms with Crippen LogP contribution in [0.1, 0.15) is 23.6 Å². The molecule has 1 aliphatic rings. The van der Waals surface area contributed by atoms with E-state index >= 15 is 0 Å². The van der Waals surface area contributed by atoms with E-state index in [2.05, 4.69) is 9.97 Å². The van der Waals surface area contributed by atoms with Gasteiger partial charge in [0.15, 0.2) is 0 Å². The summed E-state index contributed by atoms with van der Waals surface area (Å²) in [6, 6.07) is 6.57. The lowest BCUT2D eigenvalue weighted by Gasteiger charge is -2.27. The van der Waals surface area contributed by atoms with Crippen molar-refractivity contribution in [2.24, 2.45) is 0 Å². The van der Waals surface area contributed by atoms with Crippen LogP contribution in [0, 0.1) is 0 Å². The normalized spacial score (nSPS) is 20.8. The maximum absolute atomic E-state index is 13.0. The van der Waals surface area contributed by atoms with Crippen LogP contribution in [0.25, 0.3) is 0 Å².